The minimum Gasteiger partial charge on any atom is -0.497 e. The molecule has 0 saturated carbocycles. The van der Waals surface area contributed by atoms with Crippen LogP contribution in [-0.4, -0.2) is 33.4 Å². The van der Waals surface area contributed by atoms with Crippen LogP contribution in [0.2, 0.25) is 0 Å². The molecule has 2 aromatic carbocycles. The lowest BCUT2D eigenvalue weighted by Gasteiger charge is -2.22. The molecule has 2 aromatic rings. The fourth-order valence-electron chi connectivity index (χ4n) is 2.72. The van der Waals surface area contributed by atoms with Crippen LogP contribution in [0.1, 0.15) is 29.8 Å². The van der Waals surface area contributed by atoms with Gasteiger partial charge in [-0.05, 0) is 60.9 Å². The van der Waals surface area contributed by atoms with E-state index in [1.54, 1.807) is 32.9 Å². The molecule has 156 valence electrons. The number of amides is 2. The van der Waals surface area contributed by atoms with E-state index in [2.05, 4.69) is 10.0 Å². The molecule has 9 heteroatoms. The summed E-state index contributed by atoms with van der Waals surface area (Å²) < 4.78 is 32.9. The number of hydrogen-bond acceptors (Lipinski definition) is 5. The Morgan fingerprint density at radius 2 is 1.69 bits per heavy atom. The Morgan fingerprint density at radius 1 is 1.07 bits per heavy atom. The summed E-state index contributed by atoms with van der Waals surface area (Å²) in [6.45, 7) is 5.17. The summed E-state index contributed by atoms with van der Waals surface area (Å²) in [4.78, 5) is 24.1. The van der Waals surface area contributed by atoms with Crippen molar-refractivity contribution in [2.45, 2.75) is 31.7 Å². The molecule has 4 N–H and O–H groups in total. The Kier molecular flexibility index (Phi) is 6.99. The highest BCUT2D eigenvalue weighted by atomic mass is 32.2. The van der Waals surface area contributed by atoms with E-state index in [1.807, 2.05) is 0 Å². The summed E-state index contributed by atoms with van der Waals surface area (Å²) in [6, 6.07) is 9.53. The third kappa shape index (κ3) is 5.55. The first-order valence-corrected chi connectivity index (χ1v) is 10.4. The number of sulfonamides is 1. The molecule has 29 heavy (non-hydrogen) atoms. The van der Waals surface area contributed by atoms with E-state index in [-0.39, 0.29) is 10.8 Å². The molecule has 2 rings (SSSR count). The number of primary amides is 1. The molecule has 0 unspecified atom stereocenters. The summed E-state index contributed by atoms with van der Waals surface area (Å²) in [6.07, 6.45) is 0. The topological polar surface area (TPSA) is 128 Å². The smallest absolute Gasteiger partial charge is 0.248 e. The number of benzene rings is 2. The van der Waals surface area contributed by atoms with Crippen LogP contribution in [0.3, 0.4) is 0 Å². The number of anilines is 1. The van der Waals surface area contributed by atoms with Gasteiger partial charge < -0.3 is 15.8 Å². The highest BCUT2D eigenvalue weighted by Gasteiger charge is 2.28. The predicted octanol–water partition coefficient (Wildman–Crippen LogP) is 2.04. The van der Waals surface area contributed by atoms with E-state index in [4.69, 9.17) is 10.5 Å². The molecule has 0 aromatic heterocycles. The minimum atomic E-state index is -3.92. The van der Waals surface area contributed by atoms with Gasteiger partial charge in [-0.1, -0.05) is 13.8 Å². The summed E-state index contributed by atoms with van der Waals surface area (Å²) >= 11 is 0. The van der Waals surface area contributed by atoms with Crippen molar-refractivity contribution in [2.24, 2.45) is 11.7 Å². The van der Waals surface area contributed by atoms with Gasteiger partial charge in [-0.15, -0.1) is 0 Å². The molecule has 0 aliphatic rings. The molecule has 0 saturated heterocycles. The molecule has 0 aliphatic carbocycles. The van der Waals surface area contributed by atoms with E-state index in [0.717, 1.165) is 0 Å². The van der Waals surface area contributed by atoms with Crippen LogP contribution in [-0.2, 0) is 14.8 Å². The summed E-state index contributed by atoms with van der Waals surface area (Å²) in [5, 5.41) is 2.68. The van der Waals surface area contributed by atoms with Gasteiger partial charge in [-0.2, -0.15) is 4.72 Å². The molecule has 0 radical (unpaired) electrons. The minimum absolute atomic E-state index is 0.0263. The molecule has 0 bridgehead atoms. The largest absolute Gasteiger partial charge is 0.497 e. The van der Waals surface area contributed by atoms with Crippen LogP contribution in [0.25, 0.3) is 0 Å². The van der Waals surface area contributed by atoms with Gasteiger partial charge in [0.1, 0.15) is 11.8 Å². The zero-order chi connectivity index (χ0) is 21.8. The number of rotatable bonds is 8. The van der Waals surface area contributed by atoms with Gasteiger partial charge in [-0.3, -0.25) is 9.59 Å². The molecule has 0 aliphatic heterocycles. The predicted molar refractivity (Wildman–Crippen MR) is 110 cm³/mol. The van der Waals surface area contributed by atoms with Crippen molar-refractivity contribution < 1.29 is 22.7 Å². The van der Waals surface area contributed by atoms with Crippen molar-refractivity contribution in [3.8, 4) is 5.75 Å². The number of nitrogens with one attached hydrogen (secondary N) is 2. The maximum absolute atomic E-state index is 12.7. The molecular weight excluding hydrogens is 394 g/mol. The van der Waals surface area contributed by atoms with Gasteiger partial charge in [0.2, 0.25) is 21.8 Å². The van der Waals surface area contributed by atoms with Crippen LogP contribution in [0.4, 0.5) is 5.69 Å². The molecule has 2 amide bonds. The number of carbonyl (C=O) groups is 2. The zero-order valence-corrected chi connectivity index (χ0v) is 17.5. The lowest BCUT2D eigenvalue weighted by atomic mass is 10.0. The van der Waals surface area contributed by atoms with E-state index in [0.29, 0.717) is 22.6 Å². The van der Waals surface area contributed by atoms with Gasteiger partial charge in [0.05, 0.1) is 12.0 Å². The first kappa shape index (κ1) is 22.4. The van der Waals surface area contributed by atoms with Crippen LogP contribution in [0, 0.1) is 12.8 Å². The summed E-state index contributed by atoms with van der Waals surface area (Å²) in [7, 11) is -2.44. The second kappa shape index (κ2) is 9.06. The van der Waals surface area contributed by atoms with Crippen molar-refractivity contribution in [2.75, 3.05) is 12.4 Å². The number of carbonyl (C=O) groups excluding carboxylic acids is 2. The van der Waals surface area contributed by atoms with Gasteiger partial charge in [0.15, 0.2) is 0 Å². The fraction of sp³-hybridized carbons (Fsp3) is 0.300. The molecule has 0 spiro atoms. The molecule has 0 fully saturated rings. The third-order valence-corrected chi connectivity index (χ3v) is 5.82. The summed E-state index contributed by atoms with van der Waals surface area (Å²) in [5.74, 6) is -0.859. The second-order valence-electron chi connectivity index (χ2n) is 6.90. The molecule has 1 atom stereocenters. The van der Waals surface area contributed by atoms with Crippen LogP contribution in [0.15, 0.2) is 47.4 Å². The summed E-state index contributed by atoms with van der Waals surface area (Å²) in [5.41, 5.74) is 6.68. The van der Waals surface area contributed by atoms with E-state index >= 15 is 0 Å². The Labute approximate surface area is 170 Å². The van der Waals surface area contributed by atoms with Gasteiger partial charge in [0, 0.05) is 11.3 Å². The van der Waals surface area contributed by atoms with Gasteiger partial charge >= 0.3 is 0 Å². The van der Waals surface area contributed by atoms with Crippen molar-refractivity contribution in [1.82, 2.24) is 4.72 Å². The maximum Gasteiger partial charge on any atom is 0.248 e. The first-order chi connectivity index (χ1) is 13.5. The van der Waals surface area contributed by atoms with E-state index in [1.165, 1.54) is 37.4 Å². The van der Waals surface area contributed by atoms with Crippen molar-refractivity contribution in [3.63, 3.8) is 0 Å². The van der Waals surface area contributed by atoms with E-state index < -0.39 is 27.9 Å². The Balaban J connectivity index is 2.21. The van der Waals surface area contributed by atoms with Crippen LogP contribution < -0.4 is 20.5 Å². The number of nitrogens with two attached hydrogens (primary N) is 1. The monoisotopic (exact) mass is 419 g/mol. The van der Waals surface area contributed by atoms with Crippen molar-refractivity contribution in [3.05, 3.63) is 53.6 Å². The normalized spacial score (nSPS) is 12.4. The number of ether oxygens (including phenoxy) is 1. The number of aryl methyl sites for hydroxylation is 1. The fourth-order valence-corrected chi connectivity index (χ4v) is 4.06. The van der Waals surface area contributed by atoms with E-state index in [9.17, 15) is 18.0 Å². The highest BCUT2D eigenvalue weighted by molar-refractivity contribution is 7.89. The number of hydrogen-bond donors (Lipinski definition) is 3. The molecule has 8 nitrogen and oxygen atoms in total. The molecular formula is C20H25N3O5S. The highest BCUT2D eigenvalue weighted by Crippen LogP contribution is 2.19. The Bertz CT molecular complexity index is 1000. The lowest BCUT2D eigenvalue weighted by molar-refractivity contribution is -0.118. The third-order valence-electron chi connectivity index (χ3n) is 4.36. The van der Waals surface area contributed by atoms with Gasteiger partial charge in [0.25, 0.3) is 0 Å². The van der Waals surface area contributed by atoms with Crippen molar-refractivity contribution >= 4 is 27.5 Å². The maximum atomic E-state index is 12.7. The SMILES string of the molecule is COc1ccc(S(=O)(=O)N[C@H](C(=O)Nc2ccc(C(N)=O)c(C)c2)C(C)C)cc1. The lowest BCUT2D eigenvalue weighted by Crippen LogP contribution is -2.47. The van der Waals surface area contributed by atoms with Crippen LogP contribution in [0.5, 0.6) is 5.75 Å². The number of methoxy groups -OCH3 is 1. The zero-order valence-electron chi connectivity index (χ0n) is 16.7. The molecule has 0 heterocycles. The Hall–Kier alpha value is -2.91. The van der Waals surface area contributed by atoms with Crippen LogP contribution >= 0.6 is 0 Å². The van der Waals surface area contributed by atoms with Gasteiger partial charge in [-0.25, -0.2) is 8.42 Å². The average Bonchev–Trinajstić information content (AvgIpc) is 2.65. The average molecular weight is 420 g/mol. The Morgan fingerprint density at radius 3 is 2.17 bits per heavy atom. The van der Waals surface area contributed by atoms with Crippen molar-refractivity contribution in [1.29, 1.82) is 0 Å². The first-order valence-electron chi connectivity index (χ1n) is 8.93. The standard InChI is InChI=1S/C20H25N3O5S/c1-12(2)18(23-29(26,27)16-8-6-15(28-4)7-9-16)20(25)22-14-5-10-17(19(21)24)13(3)11-14/h5-12,18,23H,1-4H3,(H2,21,24)(H,22,25)/t18-/m0/s1. The second-order valence-corrected chi connectivity index (χ2v) is 8.62. The quantitative estimate of drug-likeness (QED) is 0.603.